The van der Waals surface area contributed by atoms with Crippen molar-refractivity contribution in [2.24, 2.45) is 0 Å². The molecule has 4 rings (SSSR count). The van der Waals surface area contributed by atoms with Crippen LogP contribution in [0, 0.1) is 21.4 Å². The molecule has 0 aliphatic rings. The summed E-state index contributed by atoms with van der Waals surface area (Å²) in [6.07, 6.45) is 3.70. The average molecular weight is 386 g/mol. The van der Waals surface area contributed by atoms with Gasteiger partial charge in [-0.15, -0.1) is 0 Å². The third-order valence-electron chi connectivity index (χ3n) is 4.32. The Morgan fingerprint density at radius 1 is 1.11 bits per heavy atom. The van der Waals surface area contributed by atoms with Crippen LogP contribution in [-0.4, -0.2) is 14.5 Å². The van der Waals surface area contributed by atoms with E-state index in [-0.39, 0.29) is 10.6 Å². The number of rotatable bonds is 5. The minimum absolute atomic E-state index is 0.0757. The molecule has 2 heterocycles. The van der Waals surface area contributed by atoms with Crippen molar-refractivity contribution in [1.29, 1.82) is 5.26 Å². The maximum Gasteiger partial charge on any atom is 0.283 e. The van der Waals surface area contributed by atoms with E-state index in [0.29, 0.717) is 17.0 Å². The van der Waals surface area contributed by atoms with E-state index in [1.807, 2.05) is 41.1 Å². The predicted octanol–water partition coefficient (Wildman–Crippen LogP) is 5.02. The molecule has 0 N–H and O–H groups in total. The van der Waals surface area contributed by atoms with Crippen molar-refractivity contribution in [2.75, 3.05) is 0 Å². The highest BCUT2D eigenvalue weighted by Gasteiger charge is 2.17. The highest BCUT2D eigenvalue weighted by molar-refractivity contribution is 7.99. The van der Waals surface area contributed by atoms with Crippen LogP contribution in [0.4, 0.5) is 5.69 Å². The SMILES string of the molecule is N#Cc1ccc2c(Sc3ccccc3[N+](=O)[O-])cn(Cc3ccccn3)c2c1. The molecule has 0 spiro atoms. The minimum atomic E-state index is -0.372. The summed E-state index contributed by atoms with van der Waals surface area (Å²) < 4.78 is 2.02. The third-order valence-corrected chi connectivity index (χ3v) is 5.43. The summed E-state index contributed by atoms with van der Waals surface area (Å²) in [6, 6.07) is 20.1. The topological polar surface area (TPSA) is 84.7 Å². The Bertz CT molecular complexity index is 1210. The molecule has 0 unspecified atom stereocenters. The van der Waals surface area contributed by atoms with Crippen LogP contribution in [0.3, 0.4) is 0 Å². The number of hydrogen-bond acceptors (Lipinski definition) is 5. The fourth-order valence-corrected chi connectivity index (χ4v) is 4.11. The average Bonchev–Trinajstić information content (AvgIpc) is 3.05. The Morgan fingerprint density at radius 3 is 2.68 bits per heavy atom. The van der Waals surface area contributed by atoms with Gasteiger partial charge in [-0.1, -0.05) is 36.0 Å². The quantitative estimate of drug-likeness (QED) is 0.355. The number of nitrogens with zero attached hydrogens (tertiary/aromatic N) is 4. The second-order valence-corrected chi connectivity index (χ2v) is 7.20. The van der Waals surface area contributed by atoms with Gasteiger partial charge in [-0.05, 0) is 30.3 Å². The highest BCUT2D eigenvalue weighted by atomic mass is 32.2. The zero-order valence-electron chi connectivity index (χ0n) is 14.6. The summed E-state index contributed by atoms with van der Waals surface area (Å²) >= 11 is 1.35. The normalized spacial score (nSPS) is 10.7. The summed E-state index contributed by atoms with van der Waals surface area (Å²) in [6.45, 7) is 0.545. The fourth-order valence-electron chi connectivity index (χ4n) is 3.02. The van der Waals surface area contributed by atoms with Crippen molar-refractivity contribution in [1.82, 2.24) is 9.55 Å². The second-order valence-electron chi connectivity index (χ2n) is 6.11. The first-order valence-electron chi connectivity index (χ1n) is 8.50. The highest BCUT2D eigenvalue weighted by Crippen LogP contribution is 2.39. The summed E-state index contributed by atoms with van der Waals surface area (Å²) in [7, 11) is 0. The molecule has 28 heavy (non-hydrogen) atoms. The largest absolute Gasteiger partial charge is 0.340 e. The summed E-state index contributed by atoms with van der Waals surface area (Å²) in [5.41, 5.74) is 2.43. The van der Waals surface area contributed by atoms with Crippen LogP contribution in [0.5, 0.6) is 0 Å². The van der Waals surface area contributed by atoms with Crippen LogP contribution >= 0.6 is 11.8 Å². The van der Waals surface area contributed by atoms with Gasteiger partial charge in [0.15, 0.2) is 0 Å². The molecule has 2 aromatic heterocycles. The molecule has 0 radical (unpaired) electrons. The van der Waals surface area contributed by atoms with Crippen molar-refractivity contribution in [3.63, 3.8) is 0 Å². The van der Waals surface area contributed by atoms with E-state index >= 15 is 0 Å². The first kappa shape index (κ1) is 17.8. The first-order chi connectivity index (χ1) is 13.7. The second kappa shape index (κ2) is 7.55. The van der Waals surface area contributed by atoms with Gasteiger partial charge in [0.1, 0.15) is 0 Å². The van der Waals surface area contributed by atoms with Crippen LogP contribution < -0.4 is 0 Å². The lowest BCUT2D eigenvalue weighted by molar-refractivity contribution is -0.387. The zero-order chi connectivity index (χ0) is 19.5. The lowest BCUT2D eigenvalue weighted by Crippen LogP contribution is -1.99. The summed E-state index contributed by atoms with van der Waals surface area (Å²) in [4.78, 5) is 16.8. The van der Waals surface area contributed by atoms with E-state index in [1.165, 1.54) is 17.8 Å². The lowest BCUT2D eigenvalue weighted by Gasteiger charge is -2.04. The molecule has 0 fully saturated rings. The summed E-state index contributed by atoms with van der Waals surface area (Å²) in [5.74, 6) is 0. The Labute approximate surface area is 165 Å². The van der Waals surface area contributed by atoms with E-state index in [1.54, 1.807) is 30.5 Å². The molecule has 0 bridgehead atoms. The molecule has 0 aliphatic carbocycles. The molecule has 6 nitrogen and oxygen atoms in total. The molecule has 2 aromatic carbocycles. The molecule has 0 atom stereocenters. The van der Waals surface area contributed by atoms with E-state index in [9.17, 15) is 15.4 Å². The number of para-hydroxylation sites is 1. The minimum Gasteiger partial charge on any atom is -0.340 e. The molecule has 0 aliphatic heterocycles. The van der Waals surface area contributed by atoms with Crippen molar-refractivity contribution < 1.29 is 4.92 Å². The van der Waals surface area contributed by atoms with Crippen LogP contribution in [-0.2, 0) is 6.54 Å². The molecular formula is C21H14N4O2S. The van der Waals surface area contributed by atoms with Crippen molar-refractivity contribution >= 4 is 28.4 Å². The van der Waals surface area contributed by atoms with Gasteiger partial charge in [0.25, 0.3) is 5.69 Å². The van der Waals surface area contributed by atoms with Crippen molar-refractivity contribution in [3.05, 3.63) is 94.4 Å². The fraction of sp³-hybridized carbons (Fsp3) is 0.0476. The molecule has 0 saturated heterocycles. The number of benzene rings is 2. The summed E-state index contributed by atoms with van der Waals surface area (Å²) in [5, 5.41) is 21.6. The van der Waals surface area contributed by atoms with Crippen LogP contribution in [0.2, 0.25) is 0 Å². The van der Waals surface area contributed by atoms with Gasteiger partial charge < -0.3 is 4.57 Å². The van der Waals surface area contributed by atoms with Gasteiger partial charge in [-0.2, -0.15) is 5.26 Å². The zero-order valence-corrected chi connectivity index (χ0v) is 15.5. The maximum absolute atomic E-state index is 11.3. The molecule has 136 valence electrons. The monoisotopic (exact) mass is 386 g/mol. The molecule has 7 heteroatoms. The predicted molar refractivity (Wildman–Crippen MR) is 107 cm³/mol. The van der Waals surface area contributed by atoms with Crippen LogP contribution in [0.25, 0.3) is 10.9 Å². The van der Waals surface area contributed by atoms with E-state index in [0.717, 1.165) is 21.5 Å². The lowest BCUT2D eigenvalue weighted by atomic mass is 10.2. The van der Waals surface area contributed by atoms with Crippen molar-refractivity contribution in [2.45, 2.75) is 16.3 Å². The van der Waals surface area contributed by atoms with Crippen molar-refractivity contribution in [3.8, 4) is 6.07 Å². The van der Waals surface area contributed by atoms with E-state index < -0.39 is 0 Å². The number of fused-ring (bicyclic) bond motifs is 1. The van der Waals surface area contributed by atoms with Gasteiger partial charge in [0.05, 0.1) is 39.2 Å². The van der Waals surface area contributed by atoms with Gasteiger partial charge in [0.2, 0.25) is 0 Å². The number of nitro benzene ring substituents is 1. The van der Waals surface area contributed by atoms with E-state index in [2.05, 4.69) is 11.1 Å². The van der Waals surface area contributed by atoms with Gasteiger partial charge in [-0.25, -0.2) is 0 Å². The van der Waals surface area contributed by atoms with E-state index in [4.69, 9.17) is 0 Å². The number of pyridine rings is 1. The van der Waals surface area contributed by atoms with Crippen LogP contribution in [0.15, 0.2) is 82.8 Å². The first-order valence-corrected chi connectivity index (χ1v) is 9.31. The van der Waals surface area contributed by atoms with Gasteiger partial charge in [-0.3, -0.25) is 15.1 Å². The maximum atomic E-state index is 11.3. The molecule has 0 saturated carbocycles. The Morgan fingerprint density at radius 2 is 1.93 bits per heavy atom. The number of nitriles is 1. The Kier molecular flexibility index (Phi) is 4.79. The number of aromatic nitrogens is 2. The van der Waals surface area contributed by atoms with Crippen LogP contribution in [0.1, 0.15) is 11.3 Å². The molecule has 4 aromatic rings. The molecular weight excluding hydrogens is 372 g/mol. The standard InChI is InChI=1S/C21H14N4O2S/c22-12-15-8-9-17-19(11-15)24(13-16-5-3-4-10-23-16)14-21(17)28-20-7-2-1-6-18(20)25(26)27/h1-11,14H,13H2. The Hall–Kier alpha value is -3.63. The smallest absolute Gasteiger partial charge is 0.283 e. The van der Waals surface area contributed by atoms with Gasteiger partial charge >= 0.3 is 0 Å². The van der Waals surface area contributed by atoms with Gasteiger partial charge in [0, 0.05) is 28.7 Å². The Balaban J connectivity index is 1.81. The molecule has 0 amide bonds. The number of nitro groups is 1. The third kappa shape index (κ3) is 3.46. The number of hydrogen-bond donors (Lipinski definition) is 0.